The summed E-state index contributed by atoms with van der Waals surface area (Å²) >= 11 is 0. The smallest absolute Gasteiger partial charge is 0.170 e. The Hall–Kier alpha value is -3.11. The van der Waals surface area contributed by atoms with E-state index in [9.17, 15) is 14.7 Å². The average Bonchev–Trinajstić information content (AvgIpc) is 2.99. The number of aliphatic imine (C=N–C) groups is 1. The van der Waals surface area contributed by atoms with Crippen LogP contribution in [-0.4, -0.2) is 28.5 Å². The monoisotopic (exact) mass is 555 g/mol. The van der Waals surface area contributed by atoms with Crippen molar-refractivity contribution in [3.63, 3.8) is 0 Å². The van der Waals surface area contributed by atoms with Gasteiger partial charge in [-0.05, 0) is 67.1 Å². The van der Waals surface area contributed by atoms with Gasteiger partial charge in [0.05, 0.1) is 12.0 Å². The highest BCUT2D eigenvalue weighted by Gasteiger charge is 2.43. The first kappa shape index (κ1) is 32.4. The summed E-state index contributed by atoms with van der Waals surface area (Å²) in [4.78, 5) is 32.9. The van der Waals surface area contributed by atoms with Crippen LogP contribution in [0, 0.1) is 23.7 Å². The number of aliphatic hydroxyl groups excluding tert-OH is 1. The van der Waals surface area contributed by atoms with Gasteiger partial charge in [-0.3, -0.25) is 14.6 Å². The van der Waals surface area contributed by atoms with Gasteiger partial charge in [0.25, 0.3) is 0 Å². The summed E-state index contributed by atoms with van der Waals surface area (Å²) < 4.78 is 0. The molecule has 0 radical (unpaired) electrons. The number of rotatable bonds is 7. The predicted octanol–water partition coefficient (Wildman–Crippen LogP) is 8.51. The van der Waals surface area contributed by atoms with E-state index < -0.39 is 0 Å². The highest BCUT2D eigenvalue weighted by Crippen LogP contribution is 2.44. The van der Waals surface area contributed by atoms with Crippen LogP contribution in [-0.2, 0) is 9.59 Å². The number of hydrogen-bond acceptors (Lipinski definition) is 4. The summed E-state index contributed by atoms with van der Waals surface area (Å²) in [6.07, 6.45) is 4.63. The Morgan fingerprint density at radius 1 is 0.878 bits per heavy atom. The SMILES string of the molecule is C.C=C(C(=O)C1CCC2=C(C1)N=C(C(C)C)C(C(c1ccccc1)c1ccccc1)C2=O)C1CCC(O)CC1.CC. The molecule has 41 heavy (non-hydrogen) atoms. The number of carbonyl (C=O) groups is 2. The number of carbonyl (C=O) groups excluding carboxylic acids is 2. The molecule has 2 aromatic carbocycles. The van der Waals surface area contributed by atoms with Gasteiger partial charge < -0.3 is 5.11 Å². The summed E-state index contributed by atoms with van der Waals surface area (Å²) in [5.74, 6) is -0.0786. The Morgan fingerprint density at radius 2 is 1.41 bits per heavy atom. The minimum atomic E-state index is -0.352. The lowest BCUT2D eigenvalue weighted by Crippen LogP contribution is -2.39. The van der Waals surface area contributed by atoms with Crippen molar-refractivity contribution >= 4 is 17.3 Å². The molecule has 1 N–H and O–H groups in total. The van der Waals surface area contributed by atoms with Crippen LogP contribution in [0.5, 0.6) is 0 Å². The van der Waals surface area contributed by atoms with Gasteiger partial charge in [-0.1, -0.05) is 102 Å². The molecule has 0 saturated heterocycles. The van der Waals surface area contributed by atoms with Crippen LogP contribution >= 0.6 is 0 Å². The minimum Gasteiger partial charge on any atom is -0.393 e. The van der Waals surface area contributed by atoms with Crippen molar-refractivity contribution in [1.82, 2.24) is 0 Å². The van der Waals surface area contributed by atoms with Crippen molar-refractivity contribution in [2.45, 2.75) is 92.1 Å². The zero-order valence-corrected chi connectivity index (χ0v) is 24.6. The molecular formula is C37H49NO3. The van der Waals surface area contributed by atoms with Crippen molar-refractivity contribution in [2.24, 2.45) is 28.7 Å². The van der Waals surface area contributed by atoms with E-state index in [0.29, 0.717) is 24.8 Å². The minimum absolute atomic E-state index is 0. The second-order valence-corrected chi connectivity index (χ2v) is 11.6. The van der Waals surface area contributed by atoms with Gasteiger partial charge >= 0.3 is 0 Å². The van der Waals surface area contributed by atoms with Crippen LogP contribution in [0.3, 0.4) is 0 Å². The molecule has 1 aliphatic heterocycles. The molecule has 4 heteroatoms. The van der Waals surface area contributed by atoms with Crippen LogP contribution in [0.2, 0.25) is 0 Å². The first-order valence-electron chi connectivity index (χ1n) is 15.2. The molecule has 5 rings (SSSR count). The summed E-state index contributed by atoms with van der Waals surface area (Å²) in [5.41, 5.74) is 5.48. The topological polar surface area (TPSA) is 66.7 Å². The molecule has 2 atom stereocenters. The van der Waals surface area contributed by atoms with Crippen LogP contribution in [0.15, 0.2) is 89.1 Å². The van der Waals surface area contributed by atoms with Crippen molar-refractivity contribution in [3.8, 4) is 0 Å². The van der Waals surface area contributed by atoms with Gasteiger partial charge in [0, 0.05) is 35.2 Å². The standard InChI is InChI=1S/C34H39NO3.C2H6.CH4/c1-21(2)32-31(30(24-10-6-4-7-11-24)25-12-8-5-9-13-25)34(38)28-19-16-26(20-29(28)35-32)33(37)22(3)23-14-17-27(36)18-15-23;1-2;/h4-13,21,23,26-27,30-31,36H,3,14-20H2,1-2H3;1-2H3;1H4. The lowest BCUT2D eigenvalue weighted by molar-refractivity contribution is -0.121. The Kier molecular flexibility index (Phi) is 11.6. The van der Waals surface area contributed by atoms with Crippen molar-refractivity contribution in [2.75, 3.05) is 0 Å². The van der Waals surface area contributed by atoms with Crippen molar-refractivity contribution in [1.29, 1.82) is 0 Å². The third kappa shape index (κ3) is 7.04. The van der Waals surface area contributed by atoms with E-state index in [1.54, 1.807) is 0 Å². The molecule has 1 heterocycles. The van der Waals surface area contributed by atoms with E-state index in [0.717, 1.165) is 53.8 Å². The normalized spacial score (nSPS) is 24.1. The van der Waals surface area contributed by atoms with Gasteiger partial charge in [-0.15, -0.1) is 0 Å². The quantitative estimate of drug-likeness (QED) is 0.348. The molecule has 220 valence electrons. The third-order valence-electron chi connectivity index (χ3n) is 8.81. The van der Waals surface area contributed by atoms with Crippen LogP contribution in [0.4, 0.5) is 0 Å². The zero-order chi connectivity index (χ0) is 28.8. The number of allylic oxidation sites excluding steroid dienone is 3. The van der Waals surface area contributed by atoms with E-state index >= 15 is 0 Å². The molecule has 0 amide bonds. The molecule has 2 unspecified atom stereocenters. The van der Waals surface area contributed by atoms with Gasteiger partial charge in [0.1, 0.15) is 0 Å². The highest BCUT2D eigenvalue weighted by molar-refractivity contribution is 6.16. The van der Waals surface area contributed by atoms with Crippen LogP contribution in [0.25, 0.3) is 0 Å². The fourth-order valence-electron chi connectivity index (χ4n) is 6.67. The Labute approximate surface area is 247 Å². The van der Waals surface area contributed by atoms with E-state index in [1.165, 1.54) is 0 Å². The molecule has 2 aliphatic carbocycles. The Bertz CT molecular complexity index is 1210. The molecule has 2 aromatic rings. The maximum atomic E-state index is 14.3. The number of hydrogen-bond donors (Lipinski definition) is 1. The van der Waals surface area contributed by atoms with Crippen LogP contribution < -0.4 is 0 Å². The second-order valence-electron chi connectivity index (χ2n) is 11.6. The Balaban J connectivity index is 0.00000151. The van der Waals surface area contributed by atoms with E-state index in [4.69, 9.17) is 4.99 Å². The zero-order valence-electron chi connectivity index (χ0n) is 24.6. The lowest BCUT2D eigenvalue weighted by Gasteiger charge is -2.37. The molecule has 1 fully saturated rings. The summed E-state index contributed by atoms with van der Waals surface area (Å²) in [5, 5.41) is 9.86. The fraction of sp³-hybridized carbons (Fsp3) is 0.486. The summed E-state index contributed by atoms with van der Waals surface area (Å²) in [6, 6.07) is 20.6. The number of benzene rings is 2. The third-order valence-corrected chi connectivity index (χ3v) is 8.81. The first-order chi connectivity index (χ1) is 19.3. The van der Waals surface area contributed by atoms with Gasteiger partial charge in [-0.2, -0.15) is 0 Å². The maximum absolute atomic E-state index is 14.3. The summed E-state index contributed by atoms with van der Waals surface area (Å²) in [7, 11) is 0. The van der Waals surface area contributed by atoms with Crippen LogP contribution in [0.1, 0.15) is 97.1 Å². The Morgan fingerprint density at radius 3 is 1.93 bits per heavy atom. The van der Waals surface area contributed by atoms with E-state index in [1.807, 2.05) is 50.2 Å². The molecule has 0 spiro atoms. The lowest BCUT2D eigenvalue weighted by atomic mass is 9.68. The molecule has 4 nitrogen and oxygen atoms in total. The first-order valence-corrected chi connectivity index (χ1v) is 15.2. The molecule has 3 aliphatic rings. The fourth-order valence-corrected chi connectivity index (χ4v) is 6.67. The summed E-state index contributed by atoms with van der Waals surface area (Å²) in [6.45, 7) is 12.4. The van der Waals surface area contributed by atoms with E-state index in [2.05, 4.69) is 44.7 Å². The van der Waals surface area contributed by atoms with Gasteiger partial charge in [0.2, 0.25) is 0 Å². The highest BCUT2D eigenvalue weighted by atomic mass is 16.3. The maximum Gasteiger partial charge on any atom is 0.170 e. The average molecular weight is 556 g/mol. The molecule has 1 saturated carbocycles. The number of nitrogens with zero attached hydrogens (tertiary/aromatic N) is 1. The van der Waals surface area contributed by atoms with Crippen molar-refractivity contribution in [3.05, 3.63) is 95.2 Å². The largest absolute Gasteiger partial charge is 0.393 e. The molecular weight excluding hydrogens is 506 g/mol. The molecule has 0 aromatic heterocycles. The van der Waals surface area contributed by atoms with Gasteiger partial charge in [0.15, 0.2) is 11.6 Å². The molecule has 0 bridgehead atoms. The number of ketones is 2. The predicted molar refractivity (Wildman–Crippen MR) is 170 cm³/mol. The van der Waals surface area contributed by atoms with E-state index in [-0.39, 0.29) is 54.7 Å². The number of Topliss-reactive ketones (excluding diaryl/α,β-unsaturated/α-hetero) is 2. The second kappa shape index (κ2) is 14.7. The van der Waals surface area contributed by atoms with Gasteiger partial charge in [-0.25, -0.2) is 0 Å². The van der Waals surface area contributed by atoms with Crippen molar-refractivity contribution < 1.29 is 14.7 Å². The number of aliphatic hydroxyl groups is 1.